The zero-order chi connectivity index (χ0) is 17.6. The third-order valence-corrected chi connectivity index (χ3v) is 4.27. The first-order valence-electron chi connectivity index (χ1n) is 8.21. The van der Waals surface area contributed by atoms with Crippen molar-refractivity contribution in [2.45, 2.75) is 19.8 Å². The van der Waals surface area contributed by atoms with Crippen molar-refractivity contribution >= 4 is 28.5 Å². The summed E-state index contributed by atoms with van der Waals surface area (Å²) < 4.78 is 5.47. The van der Waals surface area contributed by atoms with Gasteiger partial charge in [-0.2, -0.15) is 0 Å². The first kappa shape index (κ1) is 17.3. The van der Waals surface area contributed by atoms with Gasteiger partial charge in [0, 0.05) is 18.0 Å². The number of carbonyl (C=O) groups is 1. The van der Waals surface area contributed by atoms with Gasteiger partial charge in [0.15, 0.2) is 6.61 Å². The second-order valence-corrected chi connectivity index (χ2v) is 6.26. The number of fused-ring (bicyclic) bond motifs is 1. The molecule has 0 unspecified atom stereocenters. The Balaban J connectivity index is 1.38. The van der Waals surface area contributed by atoms with Crippen molar-refractivity contribution in [2.24, 2.45) is 0 Å². The fraction of sp³-hybridized carbons (Fsp3) is 0.263. The first-order valence-corrected chi connectivity index (χ1v) is 8.59. The highest BCUT2D eigenvalue weighted by molar-refractivity contribution is 6.31. The number of aromatic amines is 1. The van der Waals surface area contributed by atoms with Crippen LogP contribution in [0.3, 0.4) is 0 Å². The van der Waals surface area contributed by atoms with Gasteiger partial charge in [-0.1, -0.05) is 23.7 Å². The van der Waals surface area contributed by atoms with Crippen molar-refractivity contribution in [2.75, 3.05) is 13.2 Å². The number of H-pyrrole nitrogens is 1. The normalized spacial score (nSPS) is 10.8. The van der Waals surface area contributed by atoms with E-state index in [2.05, 4.69) is 15.3 Å². The molecule has 0 saturated heterocycles. The third-order valence-electron chi connectivity index (χ3n) is 3.85. The number of amides is 1. The standard InChI is InChI=1S/C19H20ClN3O2/c1-13-11-14(8-9-15(13)20)25-12-19(24)21-10-4-7-18-22-16-5-2-3-6-17(16)23-18/h2-3,5-6,8-9,11H,4,7,10,12H2,1H3,(H,21,24)(H,22,23). The van der Waals surface area contributed by atoms with Gasteiger partial charge in [0.05, 0.1) is 11.0 Å². The molecular weight excluding hydrogens is 338 g/mol. The number of benzene rings is 2. The summed E-state index contributed by atoms with van der Waals surface area (Å²) in [4.78, 5) is 19.6. The molecule has 2 aromatic carbocycles. The number of halogens is 1. The van der Waals surface area contributed by atoms with Crippen molar-refractivity contribution in [1.82, 2.24) is 15.3 Å². The summed E-state index contributed by atoms with van der Waals surface area (Å²) in [5.74, 6) is 1.43. The van der Waals surface area contributed by atoms with Crippen LogP contribution in [0.15, 0.2) is 42.5 Å². The second-order valence-electron chi connectivity index (χ2n) is 5.85. The summed E-state index contributed by atoms with van der Waals surface area (Å²) in [7, 11) is 0. The van der Waals surface area contributed by atoms with Crippen LogP contribution < -0.4 is 10.1 Å². The Bertz CT molecular complexity index is 843. The lowest BCUT2D eigenvalue weighted by Crippen LogP contribution is -2.30. The SMILES string of the molecule is Cc1cc(OCC(=O)NCCCc2nc3ccccc3[nH]2)ccc1Cl. The number of hydrogen-bond donors (Lipinski definition) is 2. The van der Waals surface area contributed by atoms with E-state index in [1.165, 1.54) is 0 Å². The molecule has 0 aliphatic carbocycles. The molecule has 0 atom stereocenters. The third kappa shape index (κ3) is 4.73. The molecule has 0 saturated carbocycles. The molecule has 3 aromatic rings. The fourth-order valence-electron chi connectivity index (χ4n) is 2.51. The zero-order valence-corrected chi connectivity index (χ0v) is 14.8. The topological polar surface area (TPSA) is 67.0 Å². The van der Waals surface area contributed by atoms with Crippen LogP contribution in [0.1, 0.15) is 17.8 Å². The minimum absolute atomic E-state index is 0.00822. The number of aromatic nitrogens is 2. The summed E-state index contributed by atoms with van der Waals surface area (Å²) in [6.45, 7) is 2.47. The van der Waals surface area contributed by atoms with Crippen LogP contribution in [-0.2, 0) is 11.2 Å². The van der Waals surface area contributed by atoms with Gasteiger partial charge in [-0.25, -0.2) is 4.98 Å². The van der Waals surface area contributed by atoms with E-state index in [0.717, 1.165) is 35.3 Å². The van der Waals surface area contributed by atoms with Gasteiger partial charge in [0.2, 0.25) is 0 Å². The minimum atomic E-state index is -0.141. The Hall–Kier alpha value is -2.53. The number of nitrogens with one attached hydrogen (secondary N) is 2. The van der Waals surface area contributed by atoms with Gasteiger partial charge < -0.3 is 15.0 Å². The lowest BCUT2D eigenvalue weighted by molar-refractivity contribution is -0.123. The molecule has 130 valence electrons. The van der Waals surface area contributed by atoms with Gasteiger partial charge >= 0.3 is 0 Å². The number of hydrogen-bond acceptors (Lipinski definition) is 3. The van der Waals surface area contributed by atoms with Crippen molar-refractivity contribution in [3.8, 4) is 5.75 Å². The summed E-state index contributed by atoms with van der Waals surface area (Å²) in [6.07, 6.45) is 1.60. The Morgan fingerprint density at radius 1 is 1.28 bits per heavy atom. The first-order chi connectivity index (χ1) is 12.1. The molecular formula is C19H20ClN3O2. The van der Waals surface area contributed by atoms with E-state index in [0.29, 0.717) is 17.3 Å². The molecule has 1 amide bonds. The fourth-order valence-corrected chi connectivity index (χ4v) is 2.63. The Kier molecular flexibility index (Phi) is 5.56. The van der Waals surface area contributed by atoms with Crippen molar-refractivity contribution < 1.29 is 9.53 Å². The van der Waals surface area contributed by atoms with Crippen molar-refractivity contribution in [3.63, 3.8) is 0 Å². The van der Waals surface area contributed by atoms with E-state index in [1.807, 2.05) is 37.3 Å². The highest BCUT2D eigenvalue weighted by Crippen LogP contribution is 2.20. The summed E-state index contributed by atoms with van der Waals surface area (Å²) in [5.41, 5.74) is 2.92. The Morgan fingerprint density at radius 3 is 2.92 bits per heavy atom. The average Bonchev–Trinajstić information content (AvgIpc) is 3.02. The number of imidazole rings is 1. The van der Waals surface area contributed by atoms with Crippen LogP contribution in [-0.4, -0.2) is 29.0 Å². The summed E-state index contributed by atoms with van der Waals surface area (Å²) in [5, 5.41) is 3.53. The van der Waals surface area contributed by atoms with Gasteiger partial charge in [-0.15, -0.1) is 0 Å². The van der Waals surface area contributed by atoms with Crippen molar-refractivity contribution in [3.05, 3.63) is 58.9 Å². The molecule has 0 fully saturated rings. The number of aryl methyl sites for hydroxylation is 2. The Labute approximate surface area is 151 Å². The average molecular weight is 358 g/mol. The molecule has 2 N–H and O–H groups in total. The smallest absolute Gasteiger partial charge is 0.257 e. The molecule has 1 heterocycles. The quantitative estimate of drug-likeness (QED) is 0.634. The maximum Gasteiger partial charge on any atom is 0.257 e. The molecule has 0 aliphatic heterocycles. The van der Waals surface area contributed by atoms with E-state index in [-0.39, 0.29) is 12.5 Å². The van der Waals surface area contributed by atoms with Crippen LogP contribution >= 0.6 is 11.6 Å². The van der Waals surface area contributed by atoms with Crippen LogP contribution in [0.5, 0.6) is 5.75 Å². The molecule has 6 heteroatoms. The molecule has 3 rings (SSSR count). The molecule has 5 nitrogen and oxygen atoms in total. The molecule has 1 aromatic heterocycles. The molecule has 0 spiro atoms. The number of carbonyl (C=O) groups excluding carboxylic acids is 1. The van der Waals surface area contributed by atoms with Crippen LogP contribution in [0.2, 0.25) is 5.02 Å². The minimum Gasteiger partial charge on any atom is -0.484 e. The largest absolute Gasteiger partial charge is 0.484 e. The molecule has 0 radical (unpaired) electrons. The van der Waals surface area contributed by atoms with Gasteiger partial charge in [-0.3, -0.25) is 4.79 Å². The number of rotatable bonds is 7. The Morgan fingerprint density at radius 2 is 2.12 bits per heavy atom. The van der Waals surface area contributed by atoms with Gasteiger partial charge in [-0.05, 0) is 49.2 Å². The number of ether oxygens (including phenoxy) is 1. The van der Waals surface area contributed by atoms with E-state index in [9.17, 15) is 4.79 Å². The van der Waals surface area contributed by atoms with Crippen LogP contribution in [0.25, 0.3) is 11.0 Å². The summed E-state index contributed by atoms with van der Waals surface area (Å²) in [6, 6.07) is 13.3. The maximum atomic E-state index is 11.8. The predicted octanol–water partition coefficient (Wildman–Crippen LogP) is 3.65. The lowest BCUT2D eigenvalue weighted by atomic mass is 10.2. The monoisotopic (exact) mass is 357 g/mol. The second kappa shape index (κ2) is 8.03. The number of para-hydroxylation sites is 2. The highest BCUT2D eigenvalue weighted by Gasteiger charge is 2.05. The van der Waals surface area contributed by atoms with Crippen molar-refractivity contribution in [1.29, 1.82) is 0 Å². The van der Waals surface area contributed by atoms with E-state index in [1.54, 1.807) is 12.1 Å². The van der Waals surface area contributed by atoms with Gasteiger partial charge in [0.25, 0.3) is 5.91 Å². The van der Waals surface area contributed by atoms with E-state index in [4.69, 9.17) is 16.3 Å². The maximum absolute atomic E-state index is 11.8. The summed E-state index contributed by atoms with van der Waals surface area (Å²) >= 11 is 5.96. The van der Waals surface area contributed by atoms with Crippen LogP contribution in [0, 0.1) is 6.92 Å². The van der Waals surface area contributed by atoms with Gasteiger partial charge in [0.1, 0.15) is 11.6 Å². The van der Waals surface area contributed by atoms with Crippen LogP contribution in [0.4, 0.5) is 0 Å². The molecule has 25 heavy (non-hydrogen) atoms. The molecule has 0 aliphatic rings. The zero-order valence-electron chi connectivity index (χ0n) is 14.0. The van der Waals surface area contributed by atoms with E-state index < -0.39 is 0 Å². The molecule has 0 bridgehead atoms. The number of nitrogens with zero attached hydrogens (tertiary/aromatic N) is 1. The lowest BCUT2D eigenvalue weighted by Gasteiger charge is -2.08. The predicted molar refractivity (Wildman–Crippen MR) is 99.1 cm³/mol. The van der Waals surface area contributed by atoms with E-state index >= 15 is 0 Å². The highest BCUT2D eigenvalue weighted by atomic mass is 35.5.